The molecule has 0 bridgehead atoms. The predicted molar refractivity (Wildman–Crippen MR) is 128 cm³/mol. The van der Waals surface area contributed by atoms with Gasteiger partial charge in [0.1, 0.15) is 17.2 Å². The first-order valence-corrected chi connectivity index (χ1v) is 10.9. The number of halogens is 1. The lowest BCUT2D eigenvalue weighted by atomic mass is 10.0. The van der Waals surface area contributed by atoms with Gasteiger partial charge >= 0.3 is 0 Å². The molecule has 0 atom stereocenters. The molecule has 1 N–H and O–H groups in total. The summed E-state index contributed by atoms with van der Waals surface area (Å²) in [5.41, 5.74) is 2.34. The summed E-state index contributed by atoms with van der Waals surface area (Å²) in [5, 5.41) is 3.75. The number of hydrogen-bond acceptors (Lipinski definition) is 5. The number of benzene rings is 3. The molecule has 1 aliphatic rings. The predicted octanol–water partition coefficient (Wildman–Crippen LogP) is 5.14. The Morgan fingerprint density at radius 3 is 2.24 bits per heavy atom. The minimum absolute atomic E-state index is 0.117. The molecule has 33 heavy (non-hydrogen) atoms. The van der Waals surface area contributed by atoms with Crippen LogP contribution >= 0.6 is 11.6 Å². The monoisotopic (exact) mass is 462 g/mol. The van der Waals surface area contributed by atoms with Crippen molar-refractivity contribution in [2.45, 2.75) is 13.5 Å². The van der Waals surface area contributed by atoms with E-state index >= 15 is 0 Å². The minimum atomic E-state index is -0.429. The molecule has 3 aromatic carbocycles. The lowest BCUT2D eigenvalue weighted by Gasteiger charge is -2.16. The zero-order valence-electron chi connectivity index (χ0n) is 18.3. The molecule has 6 nitrogen and oxygen atoms in total. The number of anilines is 1. The van der Waals surface area contributed by atoms with Crippen LogP contribution in [0.2, 0.25) is 5.02 Å². The Morgan fingerprint density at radius 1 is 0.879 bits per heavy atom. The average molecular weight is 463 g/mol. The van der Waals surface area contributed by atoms with Gasteiger partial charge in [-0.05, 0) is 42.8 Å². The normalized spacial score (nSPS) is 13.5. The number of hydrogen-bond donors (Lipinski definition) is 1. The Kier molecular flexibility index (Phi) is 6.66. The first kappa shape index (κ1) is 22.4. The highest BCUT2D eigenvalue weighted by Crippen LogP contribution is 2.37. The number of para-hydroxylation sites is 3. The molecule has 0 aromatic heterocycles. The quantitative estimate of drug-likeness (QED) is 0.469. The van der Waals surface area contributed by atoms with Crippen molar-refractivity contribution < 1.29 is 19.1 Å². The van der Waals surface area contributed by atoms with E-state index in [1.54, 1.807) is 48.5 Å². The lowest BCUT2D eigenvalue weighted by Crippen LogP contribution is -2.32. The van der Waals surface area contributed by atoms with Crippen LogP contribution in [0.25, 0.3) is 5.57 Å². The summed E-state index contributed by atoms with van der Waals surface area (Å²) >= 11 is 5.98. The SMILES string of the molecule is CCOc1ccccc1NC1=C(c2ccccc2OC)C(=O)N(Cc2ccc(Cl)cc2)C1=O. The highest BCUT2D eigenvalue weighted by atomic mass is 35.5. The van der Waals surface area contributed by atoms with Crippen LogP contribution in [0.1, 0.15) is 18.1 Å². The van der Waals surface area contributed by atoms with Gasteiger partial charge in [-0.25, -0.2) is 0 Å². The lowest BCUT2D eigenvalue weighted by molar-refractivity contribution is -0.137. The summed E-state index contributed by atoms with van der Waals surface area (Å²) < 4.78 is 11.2. The maximum absolute atomic E-state index is 13.6. The van der Waals surface area contributed by atoms with E-state index in [2.05, 4.69) is 5.32 Å². The fraction of sp³-hybridized carbons (Fsp3) is 0.154. The van der Waals surface area contributed by atoms with E-state index in [0.29, 0.717) is 34.4 Å². The molecule has 4 rings (SSSR count). The summed E-state index contributed by atoms with van der Waals surface area (Å²) in [4.78, 5) is 28.3. The number of rotatable bonds is 8. The molecule has 0 fully saturated rings. The number of imide groups is 1. The molecule has 2 amide bonds. The second-order valence-corrected chi connectivity index (χ2v) is 7.76. The van der Waals surface area contributed by atoms with Gasteiger partial charge in [0.25, 0.3) is 11.8 Å². The van der Waals surface area contributed by atoms with Crippen LogP contribution in [0, 0.1) is 0 Å². The molecule has 0 radical (unpaired) electrons. The van der Waals surface area contributed by atoms with Gasteiger partial charge < -0.3 is 14.8 Å². The van der Waals surface area contributed by atoms with Crippen molar-refractivity contribution in [3.63, 3.8) is 0 Å². The minimum Gasteiger partial charge on any atom is -0.496 e. The molecule has 0 saturated heterocycles. The topological polar surface area (TPSA) is 67.9 Å². The first-order valence-electron chi connectivity index (χ1n) is 10.5. The Labute approximate surface area is 197 Å². The summed E-state index contributed by atoms with van der Waals surface area (Å²) in [6.45, 7) is 2.47. The fourth-order valence-electron chi connectivity index (χ4n) is 3.69. The van der Waals surface area contributed by atoms with Gasteiger partial charge in [-0.3, -0.25) is 14.5 Å². The number of carbonyl (C=O) groups excluding carboxylic acids is 2. The second kappa shape index (κ2) is 9.79. The Bertz CT molecular complexity index is 1220. The summed E-state index contributed by atoms with van der Waals surface area (Å²) in [6, 6.07) is 21.5. The Balaban J connectivity index is 1.79. The molecule has 3 aromatic rings. The van der Waals surface area contributed by atoms with E-state index in [4.69, 9.17) is 21.1 Å². The molecule has 1 aliphatic heterocycles. The summed E-state index contributed by atoms with van der Waals surface area (Å²) in [6.07, 6.45) is 0. The molecule has 0 unspecified atom stereocenters. The van der Waals surface area contributed by atoms with Gasteiger partial charge in [-0.1, -0.05) is 54.1 Å². The maximum atomic E-state index is 13.6. The van der Waals surface area contributed by atoms with E-state index in [1.165, 1.54) is 12.0 Å². The highest BCUT2D eigenvalue weighted by Gasteiger charge is 2.40. The van der Waals surface area contributed by atoms with Crippen LogP contribution in [-0.4, -0.2) is 30.4 Å². The Hall–Kier alpha value is -3.77. The molecule has 0 aliphatic carbocycles. The van der Waals surface area contributed by atoms with E-state index in [-0.39, 0.29) is 17.8 Å². The average Bonchev–Trinajstić information content (AvgIpc) is 3.06. The van der Waals surface area contributed by atoms with Crippen LogP contribution in [0.5, 0.6) is 11.5 Å². The molecule has 0 spiro atoms. The van der Waals surface area contributed by atoms with Gasteiger partial charge in [-0.15, -0.1) is 0 Å². The van der Waals surface area contributed by atoms with Crippen LogP contribution in [0.15, 0.2) is 78.5 Å². The molecule has 1 heterocycles. The van der Waals surface area contributed by atoms with E-state index < -0.39 is 11.8 Å². The van der Waals surface area contributed by atoms with Gasteiger partial charge in [0.05, 0.1) is 31.5 Å². The number of methoxy groups -OCH3 is 1. The standard InChI is InChI=1S/C26H23ClN2O4/c1-3-33-22-11-7-5-9-20(22)28-24-23(19-8-4-6-10-21(19)32-2)25(30)29(26(24)31)16-17-12-14-18(27)15-13-17/h4-15,28H,3,16H2,1-2H3. The third-order valence-electron chi connectivity index (χ3n) is 5.24. The second-order valence-electron chi connectivity index (χ2n) is 7.33. The van der Waals surface area contributed by atoms with Crippen LogP contribution in [0.4, 0.5) is 5.69 Å². The molecule has 168 valence electrons. The largest absolute Gasteiger partial charge is 0.496 e. The number of amides is 2. The van der Waals surface area contributed by atoms with E-state index in [0.717, 1.165) is 5.56 Å². The molecular formula is C26H23ClN2O4. The van der Waals surface area contributed by atoms with Crippen molar-refractivity contribution in [1.29, 1.82) is 0 Å². The van der Waals surface area contributed by atoms with E-state index in [9.17, 15) is 9.59 Å². The van der Waals surface area contributed by atoms with Crippen molar-refractivity contribution in [2.24, 2.45) is 0 Å². The number of nitrogens with zero attached hydrogens (tertiary/aromatic N) is 1. The third kappa shape index (κ3) is 4.56. The first-order chi connectivity index (χ1) is 16.0. The molecular weight excluding hydrogens is 440 g/mol. The van der Waals surface area contributed by atoms with Gasteiger partial charge in [0.2, 0.25) is 0 Å². The Morgan fingerprint density at radius 2 is 1.55 bits per heavy atom. The maximum Gasteiger partial charge on any atom is 0.278 e. The smallest absolute Gasteiger partial charge is 0.278 e. The zero-order chi connectivity index (χ0) is 23.4. The third-order valence-corrected chi connectivity index (χ3v) is 5.50. The number of nitrogens with one attached hydrogen (secondary N) is 1. The zero-order valence-corrected chi connectivity index (χ0v) is 19.1. The van der Waals surface area contributed by atoms with Crippen molar-refractivity contribution in [3.05, 3.63) is 94.6 Å². The summed E-state index contributed by atoms with van der Waals surface area (Å²) in [7, 11) is 1.53. The summed E-state index contributed by atoms with van der Waals surface area (Å²) in [5.74, 6) is 0.251. The van der Waals surface area contributed by atoms with E-state index in [1.807, 2.05) is 31.2 Å². The number of carbonyl (C=O) groups is 2. The van der Waals surface area contributed by atoms with Gasteiger partial charge in [0, 0.05) is 10.6 Å². The van der Waals surface area contributed by atoms with Crippen molar-refractivity contribution in [2.75, 3.05) is 19.0 Å². The van der Waals surface area contributed by atoms with Crippen molar-refractivity contribution in [3.8, 4) is 11.5 Å². The fourth-order valence-corrected chi connectivity index (χ4v) is 3.82. The van der Waals surface area contributed by atoms with Crippen LogP contribution < -0.4 is 14.8 Å². The molecule has 0 saturated carbocycles. The number of ether oxygens (including phenoxy) is 2. The van der Waals surface area contributed by atoms with Crippen LogP contribution in [-0.2, 0) is 16.1 Å². The van der Waals surface area contributed by atoms with Crippen molar-refractivity contribution in [1.82, 2.24) is 4.90 Å². The highest BCUT2D eigenvalue weighted by molar-refractivity contribution is 6.37. The van der Waals surface area contributed by atoms with Gasteiger partial charge in [-0.2, -0.15) is 0 Å². The van der Waals surface area contributed by atoms with Crippen molar-refractivity contribution >= 4 is 34.7 Å². The molecule has 7 heteroatoms. The van der Waals surface area contributed by atoms with Gasteiger partial charge in [0.15, 0.2) is 0 Å². The van der Waals surface area contributed by atoms with Crippen LogP contribution in [0.3, 0.4) is 0 Å².